The van der Waals surface area contributed by atoms with Gasteiger partial charge in [0.25, 0.3) is 5.69 Å². The number of nitrogens with zero attached hydrogens (tertiary/aromatic N) is 1. The number of hydrogen-bond acceptors (Lipinski definition) is 4. The van der Waals surface area contributed by atoms with E-state index in [9.17, 15) is 14.9 Å². The van der Waals surface area contributed by atoms with Gasteiger partial charge in [-0.05, 0) is 17.7 Å². The minimum Gasteiger partial charge on any atom is -0.324 e. The molecule has 0 saturated heterocycles. The average molecular weight is 306 g/mol. The largest absolute Gasteiger partial charge is 0.324 e. The molecule has 0 heterocycles. The minimum atomic E-state index is -0.833. The van der Waals surface area contributed by atoms with Gasteiger partial charge in [0, 0.05) is 11.8 Å². The maximum Gasteiger partial charge on any atom is 0.288 e. The molecule has 1 amide bonds. The summed E-state index contributed by atoms with van der Waals surface area (Å²) >= 11 is 5.78. The number of anilines is 1. The smallest absolute Gasteiger partial charge is 0.288 e. The minimum absolute atomic E-state index is 0.0499. The molecule has 0 spiro atoms. The van der Waals surface area contributed by atoms with Crippen molar-refractivity contribution in [3.63, 3.8) is 0 Å². The van der Waals surface area contributed by atoms with Gasteiger partial charge in [-0.1, -0.05) is 41.9 Å². The van der Waals surface area contributed by atoms with Crippen molar-refractivity contribution in [1.82, 2.24) is 0 Å². The molecular weight excluding hydrogens is 294 g/mol. The second kappa shape index (κ2) is 6.34. The molecule has 1 atom stereocenters. The number of benzene rings is 2. The van der Waals surface area contributed by atoms with E-state index in [0.717, 1.165) is 0 Å². The molecule has 0 saturated carbocycles. The van der Waals surface area contributed by atoms with Crippen LogP contribution in [0.1, 0.15) is 11.6 Å². The lowest BCUT2D eigenvalue weighted by Crippen LogP contribution is -2.27. The number of amides is 1. The monoisotopic (exact) mass is 305 g/mol. The van der Waals surface area contributed by atoms with Gasteiger partial charge in [-0.3, -0.25) is 14.9 Å². The standard InChI is InChI=1S/C14H12ClN3O3/c15-11-8-10(6-7-12(11)18(20)21)17-14(19)13(16)9-4-2-1-3-5-9/h1-8,13H,16H2,(H,17,19)/t13-/m0/s1. The summed E-state index contributed by atoms with van der Waals surface area (Å²) in [5.74, 6) is -0.425. The van der Waals surface area contributed by atoms with E-state index in [1.165, 1.54) is 18.2 Å². The molecule has 0 aromatic heterocycles. The van der Waals surface area contributed by atoms with Gasteiger partial charge in [-0.15, -0.1) is 0 Å². The van der Waals surface area contributed by atoms with Crippen LogP contribution in [0.15, 0.2) is 48.5 Å². The van der Waals surface area contributed by atoms with Crippen LogP contribution in [-0.4, -0.2) is 10.8 Å². The first-order valence-electron chi connectivity index (χ1n) is 6.04. The normalized spacial score (nSPS) is 11.7. The van der Waals surface area contributed by atoms with Crippen molar-refractivity contribution in [2.24, 2.45) is 5.73 Å². The number of carbonyl (C=O) groups excluding carboxylic acids is 1. The van der Waals surface area contributed by atoms with Crippen molar-refractivity contribution in [1.29, 1.82) is 0 Å². The summed E-state index contributed by atoms with van der Waals surface area (Å²) in [6.45, 7) is 0. The molecule has 3 N–H and O–H groups in total. The summed E-state index contributed by atoms with van der Waals surface area (Å²) in [4.78, 5) is 22.1. The molecule has 6 nitrogen and oxygen atoms in total. The summed E-state index contributed by atoms with van der Waals surface area (Å²) in [7, 11) is 0. The summed E-state index contributed by atoms with van der Waals surface area (Å²) in [6, 6.07) is 12.0. The lowest BCUT2D eigenvalue weighted by molar-refractivity contribution is -0.384. The predicted octanol–water partition coefficient (Wildman–Crippen LogP) is 2.89. The van der Waals surface area contributed by atoms with Crippen LogP contribution in [0.3, 0.4) is 0 Å². The molecular formula is C14H12ClN3O3. The third kappa shape index (κ3) is 3.56. The van der Waals surface area contributed by atoms with Gasteiger partial charge in [-0.25, -0.2) is 0 Å². The Labute approximate surface area is 125 Å². The number of nitro groups is 1. The third-order valence-corrected chi connectivity index (χ3v) is 3.16. The van der Waals surface area contributed by atoms with E-state index in [-0.39, 0.29) is 10.7 Å². The molecule has 21 heavy (non-hydrogen) atoms. The Balaban J connectivity index is 2.13. The maximum absolute atomic E-state index is 12.0. The maximum atomic E-state index is 12.0. The molecule has 0 aliphatic heterocycles. The zero-order chi connectivity index (χ0) is 15.4. The second-order valence-electron chi connectivity index (χ2n) is 4.30. The van der Waals surface area contributed by atoms with Crippen molar-refractivity contribution < 1.29 is 9.72 Å². The lowest BCUT2D eigenvalue weighted by Gasteiger charge is -2.12. The highest BCUT2D eigenvalue weighted by atomic mass is 35.5. The number of rotatable bonds is 4. The number of halogens is 1. The Hall–Kier alpha value is -2.44. The quantitative estimate of drug-likeness (QED) is 0.670. The van der Waals surface area contributed by atoms with Gasteiger partial charge >= 0.3 is 0 Å². The highest BCUT2D eigenvalue weighted by Gasteiger charge is 2.17. The molecule has 0 aliphatic carbocycles. The van der Waals surface area contributed by atoms with Crippen molar-refractivity contribution in [3.8, 4) is 0 Å². The van der Waals surface area contributed by atoms with Crippen LogP contribution in [0, 0.1) is 10.1 Å². The fraction of sp³-hybridized carbons (Fsp3) is 0.0714. The SMILES string of the molecule is N[C@H](C(=O)Nc1ccc([N+](=O)[O-])c(Cl)c1)c1ccccc1. The van der Waals surface area contributed by atoms with Crippen molar-refractivity contribution in [2.75, 3.05) is 5.32 Å². The molecule has 2 aromatic carbocycles. The van der Waals surface area contributed by atoms with Crippen LogP contribution in [-0.2, 0) is 4.79 Å². The van der Waals surface area contributed by atoms with E-state index in [4.69, 9.17) is 17.3 Å². The van der Waals surface area contributed by atoms with Gasteiger partial charge in [0.15, 0.2) is 0 Å². The second-order valence-corrected chi connectivity index (χ2v) is 4.71. The van der Waals surface area contributed by atoms with Crippen molar-refractivity contribution in [2.45, 2.75) is 6.04 Å². The van der Waals surface area contributed by atoms with Gasteiger partial charge in [0.1, 0.15) is 11.1 Å². The van der Waals surface area contributed by atoms with Crippen LogP contribution < -0.4 is 11.1 Å². The predicted molar refractivity (Wildman–Crippen MR) is 80.1 cm³/mol. The van der Waals surface area contributed by atoms with Gasteiger partial charge in [0.2, 0.25) is 5.91 Å². The molecule has 0 radical (unpaired) electrons. The summed E-state index contributed by atoms with van der Waals surface area (Å²) in [5, 5.41) is 13.2. The lowest BCUT2D eigenvalue weighted by atomic mass is 10.1. The average Bonchev–Trinajstić information content (AvgIpc) is 2.47. The number of nitrogens with two attached hydrogens (primary N) is 1. The first-order chi connectivity index (χ1) is 9.99. The van der Waals surface area contributed by atoms with Gasteiger partial charge in [0.05, 0.1) is 4.92 Å². The first-order valence-corrected chi connectivity index (χ1v) is 6.42. The van der Waals surface area contributed by atoms with Crippen LogP contribution in [0.25, 0.3) is 0 Å². The Kier molecular flexibility index (Phi) is 4.52. The number of nitro benzene ring substituents is 1. The first kappa shape index (κ1) is 15.0. The van der Waals surface area contributed by atoms with Crippen molar-refractivity contribution >= 4 is 28.9 Å². The van der Waals surface area contributed by atoms with Crippen LogP contribution in [0.4, 0.5) is 11.4 Å². The molecule has 2 rings (SSSR count). The molecule has 0 bridgehead atoms. The highest BCUT2D eigenvalue weighted by molar-refractivity contribution is 6.33. The highest BCUT2D eigenvalue weighted by Crippen LogP contribution is 2.27. The van der Waals surface area contributed by atoms with E-state index >= 15 is 0 Å². The zero-order valence-corrected chi connectivity index (χ0v) is 11.6. The van der Waals surface area contributed by atoms with Crippen LogP contribution in [0.5, 0.6) is 0 Å². The van der Waals surface area contributed by atoms with Gasteiger partial charge in [-0.2, -0.15) is 0 Å². The summed E-state index contributed by atoms with van der Waals surface area (Å²) in [6.07, 6.45) is 0. The number of carbonyl (C=O) groups is 1. The van der Waals surface area contributed by atoms with E-state index < -0.39 is 16.9 Å². The number of hydrogen-bond donors (Lipinski definition) is 2. The molecule has 0 aliphatic rings. The van der Waals surface area contributed by atoms with E-state index in [1.54, 1.807) is 24.3 Å². The summed E-state index contributed by atoms with van der Waals surface area (Å²) in [5.41, 5.74) is 6.65. The van der Waals surface area contributed by atoms with Gasteiger partial charge < -0.3 is 11.1 Å². The van der Waals surface area contributed by atoms with E-state index in [2.05, 4.69) is 5.32 Å². The van der Waals surface area contributed by atoms with E-state index in [0.29, 0.717) is 11.3 Å². The van der Waals surface area contributed by atoms with Crippen LogP contribution in [0.2, 0.25) is 5.02 Å². The fourth-order valence-corrected chi connectivity index (χ4v) is 2.01. The Morgan fingerprint density at radius 3 is 2.48 bits per heavy atom. The molecule has 0 fully saturated rings. The molecule has 2 aromatic rings. The molecule has 7 heteroatoms. The van der Waals surface area contributed by atoms with Crippen LogP contribution >= 0.6 is 11.6 Å². The Morgan fingerprint density at radius 2 is 1.90 bits per heavy atom. The zero-order valence-electron chi connectivity index (χ0n) is 10.8. The van der Waals surface area contributed by atoms with Crippen molar-refractivity contribution in [3.05, 3.63) is 69.2 Å². The Morgan fingerprint density at radius 1 is 1.24 bits per heavy atom. The third-order valence-electron chi connectivity index (χ3n) is 2.85. The topological polar surface area (TPSA) is 98.3 Å². The fourth-order valence-electron chi connectivity index (χ4n) is 1.76. The molecule has 108 valence electrons. The summed E-state index contributed by atoms with van der Waals surface area (Å²) < 4.78 is 0. The Bertz CT molecular complexity index is 676. The van der Waals surface area contributed by atoms with E-state index in [1.807, 2.05) is 6.07 Å². The molecule has 0 unspecified atom stereocenters. The number of nitrogens with one attached hydrogen (secondary N) is 1.